The Morgan fingerprint density at radius 3 is 2.29 bits per heavy atom. The fourth-order valence-electron chi connectivity index (χ4n) is 3.20. The van der Waals surface area contributed by atoms with Crippen LogP contribution in [-0.2, 0) is 0 Å². The molecule has 118 valence electrons. The molecule has 1 unspecified atom stereocenters. The molecule has 1 fully saturated rings. The highest BCUT2D eigenvalue weighted by atomic mass is 35.5. The van der Waals surface area contributed by atoms with Crippen molar-refractivity contribution in [1.82, 2.24) is 9.80 Å². The number of hydrogen-bond donors (Lipinski definition) is 1. The molecule has 5 heteroatoms. The second kappa shape index (κ2) is 6.84. The van der Waals surface area contributed by atoms with Crippen molar-refractivity contribution in [1.29, 1.82) is 0 Å². The van der Waals surface area contributed by atoms with Crippen LogP contribution in [0.3, 0.4) is 0 Å². The average molecular weight is 330 g/mol. The van der Waals surface area contributed by atoms with Crippen LogP contribution in [0.5, 0.6) is 0 Å². The first-order chi connectivity index (χ1) is 9.89. The van der Waals surface area contributed by atoms with E-state index in [-0.39, 0.29) is 6.04 Å². The summed E-state index contributed by atoms with van der Waals surface area (Å²) in [5.74, 6) is 0. The van der Waals surface area contributed by atoms with Gasteiger partial charge in [-0.15, -0.1) is 0 Å². The molecule has 2 N–H and O–H groups in total. The highest BCUT2D eigenvalue weighted by Crippen LogP contribution is 2.38. The minimum absolute atomic E-state index is 0.164. The SMILES string of the molecule is CN(CC1(N(C)C)CCC1)C(CN)c1ccc(Cl)c(Cl)c1. The number of hydrogen-bond acceptors (Lipinski definition) is 3. The molecule has 0 spiro atoms. The summed E-state index contributed by atoms with van der Waals surface area (Å²) in [6.45, 7) is 1.58. The predicted octanol–water partition coefficient (Wildman–Crippen LogP) is 3.41. The van der Waals surface area contributed by atoms with Crippen LogP contribution in [0.2, 0.25) is 10.0 Å². The van der Waals surface area contributed by atoms with Crippen molar-refractivity contribution in [3.05, 3.63) is 33.8 Å². The molecule has 1 aromatic rings. The summed E-state index contributed by atoms with van der Waals surface area (Å²) >= 11 is 12.1. The van der Waals surface area contributed by atoms with Gasteiger partial charge in [-0.3, -0.25) is 4.90 Å². The van der Waals surface area contributed by atoms with Gasteiger partial charge < -0.3 is 10.6 Å². The van der Waals surface area contributed by atoms with Crippen molar-refractivity contribution in [2.24, 2.45) is 5.73 Å². The third-order valence-corrected chi connectivity index (χ3v) is 5.60. The van der Waals surface area contributed by atoms with Gasteiger partial charge in [0, 0.05) is 24.7 Å². The van der Waals surface area contributed by atoms with Crippen LogP contribution in [0.4, 0.5) is 0 Å². The van der Waals surface area contributed by atoms with Gasteiger partial charge in [0.2, 0.25) is 0 Å². The third kappa shape index (κ3) is 3.54. The molecule has 0 bridgehead atoms. The molecule has 0 aliphatic heterocycles. The molecule has 3 nitrogen and oxygen atoms in total. The van der Waals surface area contributed by atoms with Gasteiger partial charge in [0.15, 0.2) is 0 Å². The summed E-state index contributed by atoms with van der Waals surface area (Å²) in [4.78, 5) is 4.70. The van der Waals surface area contributed by atoms with Gasteiger partial charge in [0.1, 0.15) is 0 Å². The van der Waals surface area contributed by atoms with Gasteiger partial charge in [-0.25, -0.2) is 0 Å². The number of likely N-dealkylation sites (N-methyl/N-ethyl adjacent to an activating group) is 2. The van der Waals surface area contributed by atoms with Crippen molar-refractivity contribution in [2.45, 2.75) is 30.8 Å². The second-order valence-corrected chi connectivity index (χ2v) is 7.13. The zero-order valence-electron chi connectivity index (χ0n) is 13.1. The number of benzene rings is 1. The van der Waals surface area contributed by atoms with Crippen LogP contribution < -0.4 is 5.73 Å². The zero-order chi connectivity index (χ0) is 15.6. The van der Waals surface area contributed by atoms with E-state index in [2.05, 4.69) is 30.9 Å². The summed E-state index contributed by atoms with van der Waals surface area (Å²) in [6.07, 6.45) is 3.82. The molecular formula is C16H25Cl2N3. The first kappa shape index (κ1) is 17.0. The first-order valence-electron chi connectivity index (χ1n) is 7.42. The molecule has 1 aromatic carbocycles. The van der Waals surface area contributed by atoms with Crippen LogP contribution in [0, 0.1) is 0 Å². The van der Waals surface area contributed by atoms with Crippen molar-refractivity contribution in [2.75, 3.05) is 34.2 Å². The Bertz CT molecular complexity index is 486. The summed E-state index contributed by atoms with van der Waals surface area (Å²) in [5, 5.41) is 1.18. The Balaban J connectivity index is 2.14. The van der Waals surface area contributed by atoms with Crippen molar-refractivity contribution in [3.63, 3.8) is 0 Å². The van der Waals surface area contributed by atoms with Gasteiger partial charge >= 0.3 is 0 Å². The van der Waals surface area contributed by atoms with Crippen LogP contribution in [0.15, 0.2) is 18.2 Å². The zero-order valence-corrected chi connectivity index (χ0v) is 14.6. The maximum absolute atomic E-state index is 6.14. The molecule has 0 amide bonds. The molecule has 0 heterocycles. The van der Waals surface area contributed by atoms with Crippen LogP contribution >= 0.6 is 23.2 Å². The number of rotatable bonds is 6. The molecule has 1 atom stereocenters. The summed E-state index contributed by atoms with van der Waals surface area (Å²) in [5.41, 5.74) is 7.43. The van der Waals surface area contributed by atoms with E-state index < -0.39 is 0 Å². The number of halogens is 2. The van der Waals surface area contributed by atoms with E-state index in [1.807, 2.05) is 18.2 Å². The summed E-state index contributed by atoms with van der Waals surface area (Å²) in [6, 6.07) is 5.96. The Morgan fingerprint density at radius 2 is 1.86 bits per heavy atom. The molecule has 1 aliphatic carbocycles. The molecule has 0 saturated heterocycles. The fraction of sp³-hybridized carbons (Fsp3) is 0.625. The quantitative estimate of drug-likeness (QED) is 0.868. The van der Waals surface area contributed by atoms with Gasteiger partial charge in [-0.05, 0) is 58.1 Å². The van der Waals surface area contributed by atoms with Gasteiger partial charge in [-0.2, -0.15) is 0 Å². The lowest BCUT2D eigenvalue weighted by atomic mass is 9.75. The lowest BCUT2D eigenvalue weighted by Gasteiger charge is -2.50. The second-order valence-electron chi connectivity index (χ2n) is 6.31. The van der Waals surface area contributed by atoms with E-state index in [1.54, 1.807) is 0 Å². The summed E-state index contributed by atoms with van der Waals surface area (Å²) < 4.78 is 0. The predicted molar refractivity (Wildman–Crippen MR) is 91.2 cm³/mol. The first-order valence-corrected chi connectivity index (χ1v) is 8.18. The van der Waals surface area contributed by atoms with E-state index >= 15 is 0 Å². The molecule has 0 aromatic heterocycles. The van der Waals surface area contributed by atoms with E-state index in [0.717, 1.165) is 12.1 Å². The Kier molecular flexibility index (Phi) is 5.55. The Morgan fingerprint density at radius 1 is 1.19 bits per heavy atom. The summed E-state index contributed by atoms with van der Waals surface area (Å²) in [7, 11) is 6.48. The van der Waals surface area contributed by atoms with Crippen molar-refractivity contribution >= 4 is 23.2 Å². The molecule has 21 heavy (non-hydrogen) atoms. The fourth-order valence-corrected chi connectivity index (χ4v) is 3.50. The lowest BCUT2D eigenvalue weighted by Crippen LogP contribution is -2.57. The van der Waals surface area contributed by atoms with E-state index in [9.17, 15) is 0 Å². The van der Waals surface area contributed by atoms with Crippen LogP contribution in [-0.4, -0.2) is 49.6 Å². The standard InChI is InChI=1S/C16H25Cl2N3/c1-20(2)16(7-4-8-16)11-21(3)15(10-19)12-5-6-13(17)14(18)9-12/h5-6,9,15H,4,7-8,10-11,19H2,1-3H3. The normalized spacial score (nSPS) is 18.9. The van der Waals surface area contributed by atoms with Crippen molar-refractivity contribution in [3.8, 4) is 0 Å². The maximum atomic E-state index is 6.14. The topological polar surface area (TPSA) is 32.5 Å². The lowest BCUT2D eigenvalue weighted by molar-refractivity contribution is 0.0168. The van der Waals surface area contributed by atoms with Crippen molar-refractivity contribution < 1.29 is 0 Å². The van der Waals surface area contributed by atoms with Crippen LogP contribution in [0.25, 0.3) is 0 Å². The number of nitrogens with two attached hydrogens (primary N) is 1. The van der Waals surface area contributed by atoms with Gasteiger partial charge in [0.05, 0.1) is 10.0 Å². The maximum Gasteiger partial charge on any atom is 0.0595 e. The molecule has 1 aliphatic rings. The largest absolute Gasteiger partial charge is 0.329 e. The minimum Gasteiger partial charge on any atom is -0.329 e. The molecule has 2 rings (SSSR count). The van der Waals surface area contributed by atoms with Crippen LogP contribution in [0.1, 0.15) is 30.9 Å². The molecule has 1 saturated carbocycles. The monoisotopic (exact) mass is 329 g/mol. The van der Waals surface area contributed by atoms with E-state index in [4.69, 9.17) is 28.9 Å². The van der Waals surface area contributed by atoms with E-state index in [0.29, 0.717) is 22.1 Å². The van der Waals surface area contributed by atoms with Gasteiger partial charge in [0.25, 0.3) is 0 Å². The average Bonchev–Trinajstić information content (AvgIpc) is 2.38. The van der Waals surface area contributed by atoms with E-state index in [1.165, 1.54) is 19.3 Å². The highest BCUT2D eigenvalue weighted by Gasteiger charge is 2.40. The Hall–Kier alpha value is -0.320. The molecular weight excluding hydrogens is 305 g/mol. The highest BCUT2D eigenvalue weighted by molar-refractivity contribution is 6.42. The number of nitrogens with zero attached hydrogens (tertiary/aromatic N) is 2. The molecule has 0 radical (unpaired) electrons. The van der Waals surface area contributed by atoms with Gasteiger partial charge in [-0.1, -0.05) is 29.3 Å². The Labute approximate surface area is 138 Å². The smallest absolute Gasteiger partial charge is 0.0595 e. The minimum atomic E-state index is 0.164. The third-order valence-electron chi connectivity index (χ3n) is 4.86.